The summed E-state index contributed by atoms with van der Waals surface area (Å²) in [5, 5.41) is 5.66. The molecular weight excluding hydrogens is 341 g/mol. The average Bonchev–Trinajstić information content (AvgIpc) is 3.14. The largest absolute Gasteiger partial charge is 0.347 e. The van der Waals surface area contributed by atoms with Gasteiger partial charge in [-0.05, 0) is 25.0 Å². The first kappa shape index (κ1) is 17.5. The molecular formula is C18H20FN3O2S. The molecule has 3 rings (SSSR count). The fourth-order valence-electron chi connectivity index (χ4n) is 3.26. The number of hydrogen-bond acceptors (Lipinski definition) is 4. The lowest BCUT2D eigenvalue weighted by Crippen LogP contribution is -2.45. The van der Waals surface area contributed by atoms with Gasteiger partial charge in [0.25, 0.3) is 5.91 Å². The van der Waals surface area contributed by atoms with Gasteiger partial charge < -0.3 is 10.2 Å². The van der Waals surface area contributed by atoms with Crippen molar-refractivity contribution in [2.24, 2.45) is 5.92 Å². The number of aromatic nitrogens is 1. The number of thiazole rings is 1. The van der Waals surface area contributed by atoms with Crippen molar-refractivity contribution in [3.8, 4) is 0 Å². The van der Waals surface area contributed by atoms with E-state index < -0.39 is 5.82 Å². The van der Waals surface area contributed by atoms with E-state index in [9.17, 15) is 14.0 Å². The summed E-state index contributed by atoms with van der Waals surface area (Å²) in [5.41, 5.74) is 0.0912. The molecule has 1 N–H and O–H groups in total. The minimum absolute atomic E-state index is 0.0551. The van der Waals surface area contributed by atoms with Crippen molar-refractivity contribution in [2.45, 2.75) is 25.8 Å². The van der Waals surface area contributed by atoms with Gasteiger partial charge in [0.15, 0.2) is 0 Å². The zero-order chi connectivity index (χ0) is 17.8. The number of likely N-dealkylation sites (tertiary alicyclic amines) is 1. The number of nitrogens with zero attached hydrogens (tertiary/aromatic N) is 2. The fourth-order valence-corrected chi connectivity index (χ4v) is 4.04. The van der Waals surface area contributed by atoms with Crippen LogP contribution in [-0.4, -0.2) is 34.8 Å². The maximum absolute atomic E-state index is 13.9. The van der Waals surface area contributed by atoms with Gasteiger partial charge in [0.1, 0.15) is 10.8 Å². The third kappa shape index (κ3) is 4.04. The zero-order valence-electron chi connectivity index (χ0n) is 13.9. The second kappa shape index (κ2) is 7.74. The van der Waals surface area contributed by atoms with Crippen LogP contribution >= 0.6 is 11.3 Å². The fraction of sp³-hybridized carbons (Fsp3) is 0.389. The molecule has 0 spiro atoms. The standard InChI is InChI=1S/C18H20FN3O2S/c1-12(23)21-16(17-20-8-10-25-17)13-5-4-9-22(11-13)18(24)14-6-2-3-7-15(14)19/h2-3,6-8,10,13,16H,4-5,9,11H2,1H3,(H,21,23)/t13-,16+/m0/s1. The molecule has 7 heteroatoms. The molecule has 1 aliphatic rings. The molecule has 2 atom stereocenters. The lowest BCUT2D eigenvalue weighted by Gasteiger charge is -2.36. The van der Waals surface area contributed by atoms with Crippen molar-refractivity contribution in [1.82, 2.24) is 15.2 Å². The number of piperidine rings is 1. The Morgan fingerprint density at radius 2 is 2.20 bits per heavy atom. The highest BCUT2D eigenvalue weighted by molar-refractivity contribution is 7.09. The maximum atomic E-state index is 13.9. The average molecular weight is 361 g/mol. The number of halogens is 1. The smallest absolute Gasteiger partial charge is 0.256 e. The van der Waals surface area contributed by atoms with E-state index >= 15 is 0 Å². The van der Waals surface area contributed by atoms with Gasteiger partial charge >= 0.3 is 0 Å². The van der Waals surface area contributed by atoms with Gasteiger partial charge in [-0.2, -0.15) is 0 Å². The second-order valence-electron chi connectivity index (χ2n) is 6.18. The van der Waals surface area contributed by atoms with Crippen molar-refractivity contribution >= 4 is 23.2 Å². The van der Waals surface area contributed by atoms with Gasteiger partial charge in [0.2, 0.25) is 5.91 Å². The maximum Gasteiger partial charge on any atom is 0.256 e. The first-order valence-electron chi connectivity index (χ1n) is 8.26. The van der Waals surface area contributed by atoms with Crippen LogP contribution in [0, 0.1) is 11.7 Å². The highest BCUT2D eigenvalue weighted by Crippen LogP contribution is 2.31. The Balaban J connectivity index is 1.78. The van der Waals surface area contributed by atoms with Crippen molar-refractivity contribution in [3.63, 3.8) is 0 Å². The second-order valence-corrected chi connectivity index (χ2v) is 7.11. The summed E-state index contributed by atoms with van der Waals surface area (Å²) in [6, 6.07) is 5.81. The third-order valence-electron chi connectivity index (χ3n) is 4.40. The highest BCUT2D eigenvalue weighted by atomic mass is 32.1. The Hall–Kier alpha value is -2.28. The molecule has 1 fully saturated rings. The number of carbonyl (C=O) groups excluding carboxylic acids is 2. The first-order valence-corrected chi connectivity index (χ1v) is 9.14. The Bertz CT molecular complexity index is 751. The Morgan fingerprint density at radius 3 is 2.88 bits per heavy atom. The molecule has 1 aliphatic heterocycles. The van der Waals surface area contributed by atoms with Crippen LogP contribution in [0.5, 0.6) is 0 Å². The predicted molar refractivity (Wildman–Crippen MR) is 93.7 cm³/mol. The monoisotopic (exact) mass is 361 g/mol. The summed E-state index contributed by atoms with van der Waals surface area (Å²) < 4.78 is 13.9. The molecule has 1 aromatic carbocycles. The SMILES string of the molecule is CC(=O)N[C@@H](c1nccs1)[C@H]1CCCN(C(=O)c2ccccc2F)C1. The van der Waals surface area contributed by atoms with Crippen LogP contribution in [0.25, 0.3) is 0 Å². The normalized spacial score (nSPS) is 18.6. The summed E-state index contributed by atoms with van der Waals surface area (Å²) in [6.45, 7) is 2.54. The zero-order valence-corrected chi connectivity index (χ0v) is 14.8. The van der Waals surface area contributed by atoms with E-state index in [-0.39, 0.29) is 29.3 Å². The van der Waals surface area contributed by atoms with Crippen LogP contribution in [0.4, 0.5) is 4.39 Å². The molecule has 0 saturated carbocycles. The van der Waals surface area contributed by atoms with Gasteiger partial charge in [0.05, 0.1) is 11.6 Å². The van der Waals surface area contributed by atoms with E-state index in [1.165, 1.54) is 30.4 Å². The van der Waals surface area contributed by atoms with Crippen LogP contribution in [0.2, 0.25) is 0 Å². The summed E-state index contributed by atoms with van der Waals surface area (Å²) >= 11 is 1.49. The summed E-state index contributed by atoms with van der Waals surface area (Å²) in [5.74, 6) is -0.881. The molecule has 132 valence electrons. The minimum Gasteiger partial charge on any atom is -0.347 e. The van der Waals surface area contributed by atoms with Crippen LogP contribution < -0.4 is 5.32 Å². The molecule has 25 heavy (non-hydrogen) atoms. The lowest BCUT2D eigenvalue weighted by atomic mass is 9.90. The minimum atomic E-state index is -0.507. The van der Waals surface area contributed by atoms with Gasteiger partial charge in [-0.1, -0.05) is 12.1 Å². The summed E-state index contributed by atoms with van der Waals surface area (Å²) in [7, 11) is 0. The van der Waals surface area contributed by atoms with Crippen LogP contribution in [0.15, 0.2) is 35.8 Å². The number of hydrogen-bond donors (Lipinski definition) is 1. The van der Waals surface area contributed by atoms with Crippen molar-refractivity contribution < 1.29 is 14.0 Å². The number of carbonyl (C=O) groups is 2. The Labute approximate surface area is 149 Å². The van der Waals surface area contributed by atoms with E-state index in [0.717, 1.165) is 17.8 Å². The van der Waals surface area contributed by atoms with E-state index in [1.807, 2.05) is 5.38 Å². The van der Waals surface area contributed by atoms with E-state index in [4.69, 9.17) is 0 Å². The molecule has 0 radical (unpaired) electrons. The molecule has 1 saturated heterocycles. The van der Waals surface area contributed by atoms with E-state index in [0.29, 0.717) is 13.1 Å². The van der Waals surface area contributed by atoms with Crippen molar-refractivity contribution in [1.29, 1.82) is 0 Å². The van der Waals surface area contributed by atoms with E-state index in [2.05, 4.69) is 10.3 Å². The third-order valence-corrected chi connectivity index (χ3v) is 5.26. The van der Waals surface area contributed by atoms with Gasteiger partial charge in [0, 0.05) is 37.5 Å². The van der Waals surface area contributed by atoms with Crippen LogP contribution in [0.1, 0.15) is 41.2 Å². The number of rotatable bonds is 4. The Kier molecular flexibility index (Phi) is 5.43. The quantitative estimate of drug-likeness (QED) is 0.911. The van der Waals surface area contributed by atoms with Crippen molar-refractivity contribution in [2.75, 3.05) is 13.1 Å². The van der Waals surface area contributed by atoms with Gasteiger partial charge in [-0.25, -0.2) is 9.37 Å². The number of nitrogens with one attached hydrogen (secondary N) is 1. The lowest BCUT2D eigenvalue weighted by molar-refractivity contribution is -0.120. The van der Waals surface area contributed by atoms with Crippen LogP contribution in [-0.2, 0) is 4.79 Å². The molecule has 2 aromatic rings. The van der Waals surface area contributed by atoms with Gasteiger partial charge in [-0.15, -0.1) is 11.3 Å². The number of benzene rings is 1. The highest BCUT2D eigenvalue weighted by Gasteiger charge is 2.33. The number of amides is 2. The van der Waals surface area contributed by atoms with Crippen LogP contribution in [0.3, 0.4) is 0 Å². The van der Waals surface area contributed by atoms with Gasteiger partial charge in [-0.3, -0.25) is 9.59 Å². The molecule has 0 unspecified atom stereocenters. The summed E-state index contributed by atoms with van der Waals surface area (Å²) in [4.78, 5) is 30.3. The molecule has 0 aliphatic carbocycles. The van der Waals surface area contributed by atoms with Crippen molar-refractivity contribution in [3.05, 3.63) is 52.2 Å². The topological polar surface area (TPSA) is 62.3 Å². The molecule has 2 heterocycles. The molecule has 2 amide bonds. The molecule has 1 aromatic heterocycles. The molecule has 5 nitrogen and oxygen atoms in total. The molecule has 0 bridgehead atoms. The summed E-state index contributed by atoms with van der Waals surface area (Å²) in [6.07, 6.45) is 3.40. The Morgan fingerprint density at radius 1 is 1.40 bits per heavy atom. The van der Waals surface area contributed by atoms with E-state index in [1.54, 1.807) is 23.2 Å². The first-order chi connectivity index (χ1) is 12.1. The predicted octanol–water partition coefficient (Wildman–Crippen LogP) is 3.01.